The number of hydrogen-bond acceptors (Lipinski definition) is 12. The molecule has 12 heteroatoms. The van der Waals surface area contributed by atoms with Gasteiger partial charge in [0.15, 0.2) is 23.1 Å². The van der Waals surface area contributed by atoms with Gasteiger partial charge in [-0.25, -0.2) is 0 Å². The molecule has 0 atom stereocenters. The van der Waals surface area contributed by atoms with E-state index < -0.39 is 22.4 Å². The topological polar surface area (TPSA) is 192 Å². The minimum atomic E-state index is -1.51. The molecule has 0 bridgehead atoms. The van der Waals surface area contributed by atoms with Crippen LogP contribution in [0.1, 0.15) is 131 Å². The fourth-order valence-corrected chi connectivity index (χ4v) is 6.45. The molecular weight excluding hydrogens is 765 g/mol. The number of aliphatic hydroxyl groups is 4. The zero-order chi connectivity index (χ0) is 44.5. The number of rotatable bonds is 23. The number of Topliss-reactive ketones (excluding diaryl/α,β-unsaturated/α-hetero) is 4. The van der Waals surface area contributed by atoms with Crippen LogP contribution < -0.4 is 10.6 Å². The summed E-state index contributed by atoms with van der Waals surface area (Å²) in [6.45, 7) is 13.9. The maximum Gasteiger partial charge on any atom is 0.193 e. The van der Waals surface area contributed by atoms with E-state index in [1.165, 1.54) is 55.4 Å². The molecule has 0 unspecified atom stereocenters. The SMILES string of the molecule is CC(C)(O)C(=O)c1ccc(C(NCCOCCOCCNC(c2ccc(C(=O)C(C)(C)O)cc2)c2ccc(C(=O)C(C)(C)O)cc2)c2ccc(C(=O)C(C)(C)O)cc2)cc1. The highest BCUT2D eigenvalue weighted by Gasteiger charge is 2.29. The molecule has 0 amide bonds. The number of benzene rings is 4. The average Bonchev–Trinajstić information content (AvgIpc) is 3.19. The van der Waals surface area contributed by atoms with Gasteiger partial charge in [0.05, 0.1) is 38.5 Å². The molecule has 60 heavy (non-hydrogen) atoms. The van der Waals surface area contributed by atoms with E-state index in [9.17, 15) is 39.6 Å². The lowest BCUT2D eigenvalue weighted by Gasteiger charge is -2.22. The van der Waals surface area contributed by atoms with E-state index in [1.54, 1.807) is 48.5 Å². The lowest BCUT2D eigenvalue weighted by molar-refractivity contribution is 0.0486. The number of ketones is 4. The predicted molar refractivity (Wildman–Crippen MR) is 230 cm³/mol. The second kappa shape index (κ2) is 20.2. The number of hydrogen-bond donors (Lipinski definition) is 6. The molecule has 0 aliphatic heterocycles. The van der Waals surface area contributed by atoms with E-state index in [-0.39, 0.29) is 35.2 Å². The van der Waals surface area contributed by atoms with Crippen LogP contribution >= 0.6 is 0 Å². The Kier molecular flexibility index (Phi) is 16.1. The number of nitrogens with one attached hydrogen (secondary N) is 2. The van der Waals surface area contributed by atoms with Gasteiger partial charge in [-0.3, -0.25) is 19.2 Å². The summed E-state index contributed by atoms with van der Waals surface area (Å²) in [5.74, 6) is -1.56. The second-order valence-electron chi connectivity index (χ2n) is 17.0. The molecule has 0 saturated heterocycles. The summed E-state index contributed by atoms with van der Waals surface area (Å²) in [6.07, 6.45) is 0. The maximum absolute atomic E-state index is 12.6. The molecule has 0 spiro atoms. The Bertz CT molecular complexity index is 1760. The first-order valence-electron chi connectivity index (χ1n) is 20.1. The summed E-state index contributed by atoms with van der Waals surface area (Å²) < 4.78 is 11.7. The van der Waals surface area contributed by atoms with Gasteiger partial charge in [0, 0.05) is 35.3 Å². The van der Waals surface area contributed by atoms with E-state index in [1.807, 2.05) is 48.5 Å². The molecule has 322 valence electrons. The van der Waals surface area contributed by atoms with Crippen molar-refractivity contribution in [2.75, 3.05) is 39.5 Å². The Morgan fingerprint density at radius 3 is 0.783 bits per heavy atom. The third kappa shape index (κ3) is 13.4. The van der Waals surface area contributed by atoms with Crippen LogP contribution in [-0.2, 0) is 9.47 Å². The zero-order valence-corrected chi connectivity index (χ0v) is 35.9. The van der Waals surface area contributed by atoms with Crippen LogP contribution in [0.15, 0.2) is 97.1 Å². The van der Waals surface area contributed by atoms with Crippen LogP contribution in [0, 0.1) is 0 Å². The first-order valence-corrected chi connectivity index (χ1v) is 20.1. The zero-order valence-electron chi connectivity index (χ0n) is 35.9. The van der Waals surface area contributed by atoms with Crippen molar-refractivity contribution in [3.8, 4) is 0 Å². The van der Waals surface area contributed by atoms with Crippen molar-refractivity contribution < 1.29 is 49.1 Å². The normalized spacial score (nSPS) is 12.6. The summed E-state index contributed by atoms with van der Waals surface area (Å²) in [5, 5.41) is 47.8. The molecule has 0 aliphatic rings. The summed E-state index contributed by atoms with van der Waals surface area (Å²) in [6, 6.07) is 27.3. The molecule has 6 N–H and O–H groups in total. The van der Waals surface area contributed by atoms with Gasteiger partial charge in [-0.05, 0) is 77.6 Å². The van der Waals surface area contributed by atoms with Crippen LogP contribution in [0.3, 0.4) is 0 Å². The summed E-state index contributed by atoms with van der Waals surface area (Å²) >= 11 is 0. The molecule has 0 radical (unpaired) electrons. The van der Waals surface area contributed by atoms with Gasteiger partial charge in [0.25, 0.3) is 0 Å². The number of ether oxygens (including phenoxy) is 2. The number of carbonyl (C=O) groups is 4. The number of carbonyl (C=O) groups excluding carboxylic acids is 4. The van der Waals surface area contributed by atoms with Gasteiger partial charge >= 0.3 is 0 Å². The van der Waals surface area contributed by atoms with Gasteiger partial charge in [-0.15, -0.1) is 0 Å². The van der Waals surface area contributed by atoms with Crippen LogP contribution in [0.5, 0.6) is 0 Å². The van der Waals surface area contributed by atoms with E-state index >= 15 is 0 Å². The van der Waals surface area contributed by atoms with Crippen LogP contribution in [0.4, 0.5) is 0 Å². The van der Waals surface area contributed by atoms with Gasteiger partial charge in [-0.2, -0.15) is 0 Å². The lowest BCUT2D eigenvalue weighted by Crippen LogP contribution is -2.31. The molecule has 0 aromatic heterocycles. The average molecular weight is 825 g/mol. The smallest absolute Gasteiger partial charge is 0.193 e. The van der Waals surface area contributed by atoms with E-state index in [4.69, 9.17) is 9.47 Å². The van der Waals surface area contributed by atoms with Crippen molar-refractivity contribution in [2.24, 2.45) is 0 Å². The van der Waals surface area contributed by atoms with Crippen LogP contribution in [0.25, 0.3) is 0 Å². The summed E-state index contributed by atoms with van der Waals surface area (Å²) in [5.41, 5.74) is -1.06. The third-order valence-electron chi connectivity index (χ3n) is 9.81. The van der Waals surface area contributed by atoms with E-state index in [2.05, 4.69) is 10.6 Å². The first-order chi connectivity index (χ1) is 28.0. The van der Waals surface area contributed by atoms with Gasteiger partial charge in [0.1, 0.15) is 22.4 Å². The molecule has 4 aromatic rings. The standard InChI is InChI=1S/C48H60N2O10/c1-45(2,55)41(51)35-17-9-31(10-18-35)39(32-11-19-36(20-12-32)42(52)46(3,4)56)49-25-27-59-29-30-60-28-26-50-40(33-13-21-37(22-14-33)43(53)47(5,6)57)34-15-23-38(24-16-34)44(54)48(7,8)58/h9-24,39-40,49-50,55-58H,25-30H2,1-8H3. The third-order valence-corrected chi connectivity index (χ3v) is 9.81. The molecule has 0 heterocycles. The quantitative estimate of drug-likeness (QED) is 0.0402. The van der Waals surface area contributed by atoms with Crippen LogP contribution in [0.2, 0.25) is 0 Å². The molecule has 12 nitrogen and oxygen atoms in total. The van der Waals surface area contributed by atoms with E-state index in [0.717, 1.165) is 22.3 Å². The van der Waals surface area contributed by atoms with Gasteiger partial charge in [0.2, 0.25) is 0 Å². The minimum absolute atomic E-state index is 0.321. The molecule has 4 aromatic carbocycles. The monoisotopic (exact) mass is 824 g/mol. The fourth-order valence-electron chi connectivity index (χ4n) is 6.45. The molecule has 4 rings (SSSR count). The molecule has 0 aliphatic carbocycles. The highest BCUT2D eigenvalue weighted by Crippen LogP contribution is 2.27. The van der Waals surface area contributed by atoms with Crippen LogP contribution in [-0.4, -0.2) is 105 Å². The van der Waals surface area contributed by atoms with E-state index in [0.29, 0.717) is 61.8 Å². The summed E-state index contributed by atoms with van der Waals surface area (Å²) in [7, 11) is 0. The van der Waals surface area contributed by atoms with Crippen molar-refractivity contribution in [3.63, 3.8) is 0 Å². The first kappa shape index (κ1) is 47.9. The van der Waals surface area contributed by atoms with Crippen molar-refractivity contribution in [3.05, 3.63) is 142 Å². The van der Waals surface area contributed by atoms with Crippen molar-refractivity contribution in [1.82, 2.24) is 10.6 Å². The minimum Gasteiger partial charge on any atom is -0.382 e. The Labute approximate surface area is 353 Å². The molecule has 0 saturated carbocycles. The Hall–Kier alpha value is -4.76. The Morgan fingerprint density at radius 2 is 0.600 bits per heavy atom. The molecular formula is C48H60N2O10. The second-order valence-corrected chi connectivity index (χ2v) is 17.0. The van der Waals surface area contributed by atoms with Gasteiger partial charge in [-0.1, -0.05) is 97.1 Å². The van der Waals surface area contributed by atoms with Gasteiger partial charge < -0.3 is 40.5 Å². The Morgan fingerprint density at radius 1 is 0.400 bits per heavy atom. The predicted octanol–water partition coefficient (Wildman–Crippen LogP) is 5.59. The Balaban J connectivity index is 1.33. The highest BCUT2D eigenvalue weighted by molar-refractivity contribution is 6.03. The highest BCUT2D eigenvalue weighted by atomic mass is 16.5. The van der Waals surface area contributed by atoms with Crippen molar-refractivity contribution in [1.29, 1.82) is 0 Å². The maximum atomic E-state index is 12.6. The largest absolute Gasteiger partial charge is 0.382 e. The lowest BCUT2D eigenvalue weighted by atomic mass is 9.91. The van der Waals surface area contributed by atoms with Crippen molar-refractivity contribution in [2.45, 2.75) is 89.9 Å². The summed E-state index contributed by atoms with van der Waals surface area (Å²) in [4.78, 5) is 50.5. The molecule has 0 fully saturated rings. The van der Waals surface area contributed by atoms with Crippen molar-refractivity contribution >= 4 is 23.1 Å². The fraction of sp³-hybridized carbons (Fsp3) is 0.417.